The van der Waals surface area contributed by atoms with Crippen molar-refractivity contribution in [3.05, 3.63) is 29.3 Å². The van der Waals surface area contributed by atoms with Gasteiger partial charge in [0.1, 0.15) is 0 Å². The van der Waals surface area contributed by atoms with E-state index in [0.717, 1.165) is 25.7 Å². The summed E-state index contributed by atoms with van der Waals surface area (Å²) >= 11 is 5.80. The smallest absolute Gasteiger partial charge is 0.307 e. The average Bonchev–Trinajstić information content (AvgIpc) is 2.67. The Balaban J connectivity index is 1.75. The normalized spacial score (nSPS) is 15.2. The molecule has 0 aliphatic heterocycles. The second-order valence-corrected chi connectivity index (χ2v) is 8.94. The molecular formula is C19H27ClN2O5S. The van der Waals surface area contributed by atoms with E-state index in [4.69, 9.17) is 16.3 Å². The van der Waals surface area contributed by atoms with E-state index in [-0.39, 0.29) is 36.4 Å². The van der Waals surface area contributed by atoms with E-state index in [0.29, 0.717) is 11.6 Å². The van der Waals surface area contributed by atoms with E-state index >= 15 is 0 Å². The summed E-state index contributed by atoms with van der Waals surface area (Å²) in [6, 6.07) is 6.06. The second kappa shape index (κ2) is 10.8. The topological polar surface area (TPSA) is 92.8 Å². The first-order valence-electron chi connectivity index (χ1n) is 9.54. The van der Waals surface area contributed by atoms with Gasteiger partial charge in [-0.25, -0.2) is 13.1 Å². The number of nitrogens with one attached hydrogen (secondary N) is 1. The minimum atomic E-state index is -3.76. The number of hydrogen-bond donors (Lipinski definition) is 1. The Kier molecular flexibility index (Phi) is 8.72. The number of esters is 1. The van der Waals surface area contributed by atoms with Crippen LogP contribution in [-0.4, -0.2) is 50.9 Å². The molecule has 1 N–H and O–H groups in total. The van der Waals surface area contributed by atoms with Gasteiger partial charge in [0, 0.05) is 24.2 Å². The molecule has 9 heteroatoms. The van der Waals surface area contributed by atoms with Gasteiger partial charge >= 0.3 is 5.97 Å². The van der Waals surface area contributed by atoms with Gasteiger partial charge in [-0.15, -0.1) is 0 Å². The number of hydrogen-bond acceptors (Lipinski definition) is 5. The predicted octanol–water partition coefficient (Wildman–Crippen LogP) is 2.73. The Hall–Kier alpha value is -1.64. The molecule has 0 aromatic heterocycles. The molecule has 2 rings (SSSR count). The van der Waals surface area contributed by atoms with Crippen LogP contribution in [0.15, 0.2) is 29.2 Å². The van der Waals surface area contributed by atoms with Crippen LogP contribution in [0.1, 0.15) is 45.4 Å². The van der Waals surface area contributed by atoms with Gasteiger partial charge in [-0.05, 0) is 38.0 Å². The molecule has 1 aliphatic carbocycles. The molecular weight excluding hydrogens is 404 g/mol. The van der Waals surface area contributed by atoms with Crippen LogP contribution in [0.5, 0.6) is 0 Å². The van der Waals surface area contributed by atoms with Crippen molar-refractivity contribution in [3.8, 4) is 0 Å². The number of halogens is 1. The number of nitrogens with zero attached hydrogens (tertiary/aromatic N) is 1. The zero-order valence-corrected chi connectivity index (χ0v) is 17.6. The van der Waals surface area contributed by atoms with Gasteiger partial charge in [0.2, 0.25) is 10.0 Å². The van der Waals surface area contributed by atoms with Crippen LogP contribution >= 0.6 is 11.6 Å². The summed E-state index contributed by atoms with van der Waals surface area (Å²) in [6.07, 6.45) is 5.23. The molecule has 0 spiro atoms. The third kappa shape index (κ3) is 6.76. The monoisotopic (exact) mass is 430 g/mol. The van der Waals surface area contributed by atoms with E-state index in [1.54, 1.807) is 11.0 Å². The van der Waals surface area contributed by atoms with Crippen LogP contribution in [0.3, 0.4) is 0 Å². The Morgan fingerprint density at radius 1 is 1.25 bits per heavy atom. The number of benzene rings is 1. The van der Waals surface area contributed by atoms with Gasteiger partial charge in [0.25, 0.3) is 5.91 Å². The molecule has 28 heavy (non-hydrogen) atoms. The minimum Gasteiger partial charge on any atom is -0.456 e. The van der Waals surface area contributed by atoms with Crippen LogP contribution in [-0.2, 0) is 24.3 Å². The maximum absolute atomic E-state index is 12.4. The first kappa shape index (κ1) is 22.6. The van der Waals surface area contributed by atoms with Crippen LogP contribution in [0, 0.1) is 0 Å². The van der Waals surface area contributed by atoms with Crippen molar-refractivity contribution in [1.29, 1.82) is 0 Å². The van der Waals surface area contributed by atoms with Gasteiger partial charge in [-0.1, -0.05) is 36.9 Å². The lowest BCUT2D eigenvalue weighted by atomic mass is 9.94. The van der Waals surface area contributed by atoms with E-state index < -0.39 is 16.0 Å². The third-order valence-corrected chi connectivity index (χ3v) is 6.45. The van der Waals surface area contributed by atoms with E-state index in [1.807, 2.05) is 6.92 Å². The summed E-state index contributed by atoms with van der Waals surface area (Å²) < 4.78 is 31.7. The third-order valence-electron chi connectivity index (χ3n) is 4.76. The maximum atomic E-state index is 12.4. The summed E-state index contributed by atoms with van der Waals surface area (Å²) in [5.41, 5.74) is 0. The van der Waals surface area contributed by atoms with Gasteiger partial charge < -0.3 is 9.64 Å². The lowest BCUT2D eigenvalue weighted by molar-refractivity contribution is -0.153. The van der Waals surface area contributed by atoms with Crippen molar-refractivity contribution in [2.24, 2.45) is 0 Å². The van der Waals surface area contributed by atoms with Crippen LogP contribution in [0.25, 0.3) is 0 Å². The highest BCUT2D eigenvalue weighted by Gasteiger charge is 2.24. The fourth-order valence-electron chi connectivity index (χ4n) is 3.33. The number of carbonyl (C=O) groups excluding carboxylic acids is 2. The molecule has 1 saturated carbocycles. The average molecular weight is 431 g/mol. The van der Waals surface area contributed by atoms with E-state index in [9.17, 15) is 18.0 Å². The van der Waals surface area contributed by atoms with Crippen LogP contribution in [0.2, 0.25) is 5.02 Å². The maximum Gasteiger partial charge on any atom is 0.307 e. The highest BCUT2D eigenvalue weighted by Crippen LogP contribution is 2.22. The number of ether oxygens (including phenoxy) is 1. The van der Waals surface area contributed by atoms with Crippen LogP contribution < -0.4 is 4.72 Å². The number of amides is 1. The zero-order chi connectivity index (χ0) is 20.6. The molecule has 0 heterocycles. The fraction of sp³-hybridized carbons (Fsp3) is 0.579. The molecule has 0 atom stereocenters. The molecule has 0 unspecified atom stereocenters. The van der Waals surface area contributed by atoms with Crippen molar-refractivity contribution in [2.45, 2.75) is 56.4 Å². The highest BCUT2D eigenvalue weighted by molar-refractivity contribution is 7.89. The molecule has 0 saturated heterocycles. The number of carbonyl (C=O) groups is 2. The molecule has 0 bridgehead atoms. The molecule has 1 aliphatic rings. The summed E-state index contributed by atoms with van der Waals surface area (Å²) in [7, 11) is -3.76. The zero-order valence-electron chi connectivity index (χ0n) is 16.0. The highest BCUT2D eigenvalue weighted by atomic mass is 35.5. The van der Waals surface area contributed by atoms with Gasteiger partial charge in [-0.3, -0.25) is 9.59 Å². The lowest BCUT2D eigenvalue weighted by Gasteiger charge is -2.33. The van der Waals surface area contributed by atoms with Crippen molar-refractivity contribution >= 4 is 33.5 Å². The Labute approximate surface area is 171 Å². The second-order valence-electron chi connectivity index (χ2n) is 6.74. The molecule has 156 valence electrons. The van der Waals surface area contributed by atoms with Crippen LogP contribution in [0.4, 0.5) is 0 Å². The Bertz CT molecular complexity index is 778. The minimum absolute atomic E-state index is 0.0228. The molecule has 0 radical (unpaired) electrons. The van der Waals surface area contributed by atoms with Crippen molar-refractivity contribution in [3.63, 3.8) is 0 Å². The van der Waals surface area contributed by atoms with Crippen molar-refractivity contribution < 1.29 is 22.7 Å². The molecule has 1 amide bonds. The van der Waals surface area contributed by atoms with Gasteiger partial charge in [-0.2, -0.15) is 0 Å². The fourth-order valence-corrected chi connectivity index (χ4v) is 4.67. The van der Waals surface area contributed by atoms with Crippen molar-refractivity contribution in [2.75, 3.05) is 19.7 Å². The van der Waals surface area contributed by atoms with Crippen molar-refractivity contribution in [1.82, 2.24) is 9.62 Å². The van der Waals surface area contributed by atoms with Gasteiger partial charge in [0.15, 0.2) is 6.61 Å². The molecule has 1 aromatic rings. The number of rotatable bonds is 9. The van der Waals surface area contributed by atoms with E-state index in [1.165, 1.54) is 24.6 Å². The molecule has 1 aromatic carbocycles. The summed E-state index contributed by atoms with van der Waals surface area (Å²) in [4.78, 5) is 26.0. The lowest BCUT2D eigenvalue weighted by Crippen LogP contribution is -2.43. The Morgan fingerprint density at radius 2 is 1.96 bits per heavy atom. The molecule has 1 fully saturated rings. The quantitative estimate of drug-likeness (QED) is 0.608. The van der Waals surface area contributed by atoms with Gasteiger partial charge in [0.05, 0.1) is 11.3 Å². The predicted molar refractivity (Wildman–Crippen MR) is 106 cm³/mol. The molecule has 7 nitrogen and oxygen atoms in total. The van der Waals surface area contributed by atoms with E-state index in [2.05, 4.69) is 4.72 Å². The Morgan fingerprint density at radius 3 is 2.61 bits per heavy atom. The largest absolute Gasteiger partial charge is 0.456 e. The number of sulfonamides is 1. The number of likely N-dealkylation sites (N-methyl/N-ethyl adjacent to an activating group) is 1. The standard InChI is InChI=1S/C19H27ClN2O5S/c1-2-22(16-8-4-3-5-9-16)18(23)14-27-19(24)11-12-21-28(25,26)17-10-6-7-15(20)13-17/h6-7,10,13,16,21H,2-5,8-9,11-12,14H2,1H3. The summed E-state index contributed by atoms with van der Waals surface area (Å²) in [5.74, 6) is -0.830. The first-order valence-corrected chi connectivity index (χ1v) is 11.4. The first-order chi connectivity index (χ1) is 13.3. The SMILES string of the molecule is CCN(C(=O)COC(=O)CCNS(=O)(=O)c1cccc(Cl)c1)C1CCCCC1. The summed E-state index contributed by atoms with van der Waals surface area (Å²) in [5, 5.41) is 0.305. The summed E-state index contributed by atoms with van der Waals surface area (Å²) in [6.45, 7) is 2.06.